The zero-order chi connectivity index (χ0) is 24.2. The molecule has 0 spiro atoms. The Kier molecular flexibility index (Phi) is 5.19. The molecule has 1 aromatic heterocycles. The Morgan fingerprint density at radius 2 is 1.71 bits per heavy atom. The fourth-order valence-corrected chi connectivity index (χ4v) is 5.23. The van der Waals surface area contributed by atoms with Crippen molar-refractivity contribution in [1.29, 1.82) is 0 Å². The Hall–Kier alpha value is -3.68. The van der Waals surface area contributed by atoms with Crippen LogP contribution in [0.1, 0.15) is 54.5 Å². The molecule has 0 saturated heterocycles. The van der Waals surface area contributed by atoms with Gasteiger partial charge in [0.05, 0.1) is 17.2 Å². The van der Waals surface area contributed by atoms with E-state index in [4.69, 9.17) is 0 Å². The molecule has 4 N–H and O–H groups in total. The van der Waals surface area contributed by atoms with Gasteiger partial charge in [0, 0.05) is 45.4 Å². The van der Waals surface area contributed by atoms with Crippen LogP contribution in [-0.2, 0) is 0 Å². The fraction of sp³-hybridized carbons (Fsp3) is 0.267. The van der Waals surface area contributed by atoms with Crippen molar-refractivity contribution in [3.05, 3.63) is 82.5 Å². The number of aliphatic hydroxyl groups excluding tert-OH is 1. The minimum Gasteiger partial charge on any atom is -0.508 e. The van der Waals surface area contributed by atoms with Crippen molar-refractivity contribution in [2.75, 3.05) is 5.32 Å². The first-order chi connectivity index (χ1) is 16.2. The Bertz CT molecular complexity index is 1480. The van der Waals surface area contributed by atoms with Crippen LogP contribution in [0.15, 0.2) is 54.7 Å². The van der Waals surface area contributed by atoms with E-state index in [0.717, 1.165) is 44.6 Å². The lowest BCUT2D eigenvalue weighted by atomic mass is 9.75. The third-order valence-electron chi connectivity index (χ3n) is 7.07. The number of hydrogen-bond acceptors (Lipinski definition) is 3. The number of rotatable bonds is 1. The second-order valence-electron chi connectivity index (χ2n) is 9.99. The van der Waals surface area contributed by atoms with E-state index in [2.05, 4.69) is 67.2 Å². The van der Waals surface area contributed by atoms with Crippen LogP contribution in [0.4, 0.5) is 5.69 Å². The first kappa shape index (κ1) is 22.1. The lowest BCUT2D eigenvalue weighted by Crippen LogP contribution is -2.50. The summed E-state index contributed by atoms with van der Waals surface area (Å²) in [5.41, 5.74) is 8.80. The number of aromatic nitrogens is 1. The highest BCUT2D eigenvalue weighted by molar-refractivity contribution is 5.98. The molecule has 1 aliphatic heterocycles. The number of para-hydroxylation sites is 1. The maximum atomic E-state index is 11.2. The summed E-state index contributed by atoms with van der Waals surface area (Å²) >= 11 is 0. The van der Waals surface area contributed by atoms with Crippen LogP contribution in [-0.4, -0.2) is 26.8 Å². The minimum absolute atomic E-state index is 0.108. The highest BCUT2D eigenvalue weighted by Gasteiger charge is 2.40. The van der Waals surface area contributed by atoms with E-state index in [1.165, 1.54) is 10.9 Å². The molecule has 2 heterocycles. The van der Waals surface area contributed by atoms with Gasteiger partial charge in [0.1, 0.15) is 5.75 Å². The maximum absolute atomic E-state index is 11.2. The largest absolute Gasteiger partial charge is 0.508 e. The monoisotopic (exact) mass is 450 g/mol. The zero-order valence-corrected chi connectivity index (χ0v) is 20.2. The number of aliphatic hydroxyl groups is 1. The smallest absolute Gasteiger partial charge is 0.116 e. The van der Waals surface area contributed by atoms with Crippen molar-refractivity contribution in [3.8, 4) is 28.7 Å². The van der Waals surface area contributed by atoms with Crippen molar-refractivity contribution >= 4 is 16.6 Å². The lowest BCUT2D eigenvalue weighted by molar-refractivity contribution is 0.0868. The number of anilines is 1. The van der Waals surface area contributed by atoms with E-state index < -0.39 is 11.6 Å². The molecule has 34 heavy (non-hydrogen) atoms. The number of H-pyrrole nitrogens is 1. The van der Waals surface area contributed by atoms with Gasteiger partial charge in [-0.25, -0.2) is 0 Å². The van der Waals surface area contributed by atoms with E-state index in [1.54, 1.807) is 18.2 Å². The molecule has 0 fully saturated rings. The molecule has 5 rings (SSSR count). The average Bonchev–Trinajstić information content (AvgIpc) is 3.18. The lowest BCUT2D eigenvalue weighted by Gasteiger charge is -2.43. The summed E-state index contributed by atoms with van der Waals surface area (Å²) in [6.07, 6.45) is 1.47. The molecule has 0 unspecified atom stereocenters. The molecule has 0 amide bonds. The quantitative estimate of drug-likeness (QED) is 0.260. The SMILES string of the molecule is Cc1cc(-c2cccc3c(C)c[nH]c23)c(C#Cc2cccc(O)c2)c2c1NC(C)(C)[C@@H](O)[C@@H]2C. The third-order valence-corrected chi connectivity index (χ3v) is 7.07. The van der Waals surface area contributed by atoms with Crippen LogP contribution in [0.5, 0.6) is 5.75 Å². The Morgan fingerprint density at radius 1 is 0.941 bits per heavy atom. The van der Waals surface area contributed by atoms with Crippen LogP contribution in [0, 0.1) is 25.7 Å². The number of aromatic hydroxyl groups is 1. The zero-order valence-electron chi connectivity index (χ0n) is 20.2. The molecule has 2 atom stereocenters. The molecule has 4 heteroatoms. The number of benzene rings is 3. The van der Waals surface area contributed by atoms with Gasteiger partial charge in [-0.2, -0.15) is 0 Å². The van der Waals surface area contributed by atoms with E-state index in [-0.39, 0.29) is 11.7 Å². The summed E-state index contributed by atoms with van der Waals surface area (Å²) in [6.45, 7) is 10.4. The van der Waals surface area contributed by atoms with Gasteiger partial charge in [0.2, 0.25) is 0 Å². The van der Waals surface area contributed by atoms with Gasteiger partial charge in [-0.3, -0.25) is 0 Å². The second-order valence-corrected chi connectivity index (χ2v) is 9.99. The number of phenols is 1. The summed E-state index contributed by atoms with van der Waals surface area (Å²) in [6, 6.07) is 15.5. The molecule has 0 bridgehead atoms. The Labute approximate surface area is 200 Å². The Balaban J connectivity index is 1.83. The predicted molar refractivity (Wildman–Crippen MR) is 139 cm³/mol. The first-order valence-corrected chi connectivity index (χ1v) is 11.7. The topological polar surface area (TPSA) is 68.3 Å². The summed E-state index contributed by atoms with van der Waals surface area (Å²) < 4.78 is 0. The average molecular weight is 451 g/mol. The molecule has 0 radical (unpaired) electrons. The molecule has 172 valence electrons. The molecule has 1 aliphatic rings. The number of aryl methyl sites for hydroxylation is 2. The summed E-state index contributed by atoms with van der Waals surface area (Å²) in [5.74, 6) is 6.78. The van der Waals surface area contributed by atoms with Gasteiger partial charge in [-0.1, -0.05) is 43.0 Å². The molecule has 4 aromatic rings. The van der Waals surface area contributed by atoms with Crippen LogP contribution in [0.2, 0.25) is 0 Å². The number of nitrogens with one attached hydrogen (secondary N) is 2. The molecule has 3 aromatic carbocycles. The van der Waals surface area contributed by atoms with Gasteiger partial charge in [0.25, 0.3) is 0 Å². The fourth-order valence-electron chi connectivity index (χ4n) is 5.23. The number of phenolic OH excluding ortho intramolecular Hbond substituents is 1. The van der Waals surface area contributed by atoms with Crippen LogP contribution >= 0.6 is 0 Å². The number of fused-ring (bicyclic) bond motifs is 2. The number of aromatic amines is 1. The molecule has 0 saturated carbocycles. The van der Waals surface area contributed by atoms with Crippen molar-refractivity contribution in [3.63, 3.8) is 0 Å². The highest BCUT2D eigenvalue weighted by Crippen LogP contribution is 2.46. The molecular weight excluding hydrogens is 420 g/mol. The molecule has 4 nitrogen and oxygen atoms in total. The maximum Gasteiger partial charge on any atom is 0.116 e. The Morgan fingerprint density at radius 3 is 2.47 bits per heavy atom. The third kappa shape index (κ3) is 3.54. The first-order valence-electron chi connectivity index (χ1n) is 11.7. The van der Waals surface area contributed by atoms with Crippen molar-refractivity contribution in [1.82, 2.24) is 4.98 Å². The van der Waals surface area contributed by atoms with Gasteiger partial charge >= 0.3 is 0 Å². The van der Waals surface area contributed by atoms with Crippen molar-refractivity contribution < 1.29 is 10.2 Å². The van der Waals surface area contributed by atoms with E-state index in [1.807, 2.05) is 26.1 Å². The van der Waals surface area contributed by atoms with Gasteiger partial charge < -0.3 is 20.5 Å². The standard InChI is InChI=1S/C30H30N2O2/c1-17-14-25(24-11-7-10-22-18(2)16-31-28(22)24)23(13-12-20-8-6-9-21(33)15-20)26-19(3)29(34)30(4,5)32-27(17)26/h6-11,14-16,19,29,31-34H,1-5H3/t19-,29+/m1/s1. The minimum atomic E-state index is -0.570. The van der Waals surface area contributed by atoms with Crippen molar-refractivity contribution in [2.24, 2.45) is 0 Å². The normalized spacial score (nSPS) is 18.6. The van der Waals surface area contributed by atoms with E-state index in [0.29, 0.717) is 0 Å². The second kappa shape index (κ2) is 7.97. The van der Waals surface area contributed by atoms with Gasteiger partial charge in [-0.15, -0.1) is 0 Å². The van der Waals surface area contributed by atoms with E-state index >= 15 is 0 Å². The summed E-state index contributed by atoms with van der Waals surface area (Å²) in [5, 5.41) is 25.9. The van der Waals surface area contributed by atoms with Crippen LogP contribution < -0.4 is 5.32 Å². The van der Waals surface area contributed by atoms with Gasteiger partial charge in [-0.05, 0) is 68.7 Å². The summed E-state index contributed by atoms with van der Waals surface area (Å²) in [7, 11) is 0. The van der Waals surface area contributed by atoms with Crippen molar-refractivity contribution in [2.45, 2.75) is 52.2 Å². The molecule has 0 aliphatic carbocycles. The predicted octanol–water partition coefficient (Wildman–Crippen LogP) is 6.23. The van der Waals surface area contributed by atoms with E-state index in [9.17, 15) is 10.2 Å². The van der Waals surface area contributed by atoms with Crippen LogP contribution in [0.3, 0.4) is 0 Å². The highest BCUT2D eigenvalue weighted by atomic mass is 16.3. The molecular formula is C30H30N2O2. The van der Waals surface area contributed by atoms with Crippen LogP contribution in [0.25, 0.3) is 22.0 Å². The summed E-state index contributed by atoms with van der Waals surface area (Å²) in [4.78, 5) is 3.45. The number of hydrogen-bond donors (Lipinski definition) is 4. The van der Waals surface area contributed by atoms with Gasteiger partial charge in [0.15, 0.2) is 0 Å².